The number of nitrogens with zero attached hydrogens (tertiary/aromatic N) is 1. The normalized spacial score (nSPS) is 11.8. The van der Waals surface area contributed by atoms with Crippen molar-refractivity contribution in [2.75, 3.05) is 19.0 Å². The molecule has 0 fully saturated rings. The lowest BCUT2D eigenvalue weighted by Crippen LogP contribution is -2.28. The van der Waals surface area contributed by atoms with Crippen molar-refractivity contribution in [3.8, 4) is 0 Å². The Morgan fingerprint density at radius 3 is 2.44 bits per heavy atom. The van der Waals surface area contributed by atoms with Gasteiger partial charge in [-0.3, -0.25) is 4.99 Å². The molecule has 0 amide bonds. The van der Waals surface area contributed by atoms with Crippen LogP contribution in [0, 0.1) is 0 Å². The minimum Gasteiger partial charge on any atom is -0.380 e. The molecule has 0 saturated carbocycles. The van der Waals surface area contributed by atoms with Crippen molar-refractivity contribution in [3.63, 3.8) is 0 Å². The summed E-state index contributed by atoms with van der Waals surface area (Å²) in [4.78, 5) is 4.50. The summed E-state index contributed by atoms with van der Waals surface area (Å²) in [6.45, 7) is 5.35. The molecular formula is C19H25ClIN3O. The fourth-order valence-corrected chi connectivity index (χ4v) is 2.50. The summed E-state index contributed by atoms with van der Waals surface area (Å²) in [7, 11) is 1.67. The summed E-state index contributed by atoms with van der Waals surface area (Å²) in [5.74, 6) is 0.389. The number of ether oxygens (including phenoxy) is 1. The second-order valence-electron chi connectivity index (χ2n) is 6.31. The summed E-state index contributed by atoms with van der Waals surface area (Å²) in [5.41, 5.74) is 9.04. The smallest absolute Gasteiger partial charge is 0.193 e. The van der Waals surface area contributed by atoms with Gasteiger partial charge in [0.2, 0.25) is 0 Å². The number of methoxy groups -OCH3 is 1. The van der Waals surface area contributed by atoms with Gasteiger partial charge in [-0.25, -0.2) is 0 Å². The van der Waals surface area contributed by atoms with Gasteiger partial charge in [0.25, 0.3) is 0 Å². The van der Waals surface area contributed by atoms with E-state index in [-0.39, 0.29) is 29.4 Å². The first kappa shape index (κ1) is 21.7. The molecule has 0 unspecified atom stereocenters. The van der Waals surface area contributed by atoms with Crippen LogP contribution in [0.3, 0.4) is 0 Å². The van der Waals surface area contributed by atoms with Crippen LogP contribution in [0.2, 0.25) is 5.02 Å². The lowest BCUT2D eigenvalue weighted by molar-refractivity contribution is 0.185. The predicted octanol–water partition coefficient (Wildman–Crippen LogP) is 4.81. The van der Waals surface area contributed by atoms with Crippen molar-refractivity contribution in [2.24, 2.45) is 10.7 Å². The number of benzene rings is 2. The maximum atomic E-state index is 6.06. The van der Waals surface area contributed by atoms with Gasteiger partial charge in [-0.1, -0.05) is 55.8 Å². The molecule has 2 rings (SSSR count). The van der Waals surface area contributed by atoms with E-state index in [0.29, 0.717) is 19.1 Å². The molecule has 2 aromatic rings. The van der Waals surface area contributed by atoms with Crippen molar-refractivity contribution in [1.29, 1.82) is 0 Å². The molecule has 3 N–H and O–H groups in total. The quantitative estimate of drug-likeness (QED) is 0.360. The van der Waals surface area contributed by atoms with Crippen molar-refractivity contribution in [3.05, 3.63) is 64.7 Å². The Kier molecular flexibility index (Phi) is 8.68. The number of guanidine groups is 1. The van der Waals surface area contributed by atoms with E-state index in [0.717, 1.165) is 16.3 Å². The highest BCUT2D eigenvalue weighted by Crippen LogP contribution is 2.25. The Morgan fingerprint density at radius 2 is 1.80 bits per heavy atom. The number of nitrogens with one attached hydrogen (secondary N) is 1. The summed E-state index contributed by atoms with van der Waals surface area (Å²) in [5, 5.41) is 3.89. The van der Waals surface area contributed by atoms with E-state index in [1.54, 1.807) is 7.11 Å². The lowest BCUT2D eigenvalue weighted by atomic mass is 9.85. The minimum absolute atomic E-state index is 0. The van der Waals surface area contributed by atoms with Crippen LogP contribution in [0.4, 0.5) is 5.69 Å². The first-order valence-electron chi connectivity index (χ1n) is 7.82. The van der Waals surface area contributed by atoms with Crippen LogP contribution in [0.25, 0.3) is 0 Å². The summed E-state index contributed by atoms with van der Waals surface area (Å²) in [6, 6.07) is 15.7. The number of rotatable bonds is 6. The summed E-state index contributed by atoms with van der Waals surface area (Å²) in [6.07, 6.45) is 0. The van der Waals surface area contributed by atoms with E-state index in [2.05, 4.69) is 24.2 Å². The molecule has 136 valence electrons. The molecule has 0 aromatic heterocycles. The van der Waals surface area contributed by atoms with Crippen LogP contribution < -0.4 is 11.1 Å². The van der Waals surface area contributed by atoms with E-state index in [1.807, 2.05) is 48.5 Å². The van der Waals surface area contributed by atoms with Crippen LogP contribution in [0.1, 0.15) is 25.0 Å². The van der Waals surface area contributed by atoms with Gasteiger partial charge in [0.05, 0.1) is 13.2 Å². The van der Waals surface area contributed by atoms with Gasteiger partial charge in [0.1, 0.15) is 0 Å². The highest BCUT2D eigenvalue weighted by Gasteiger charge is 2.20. The van der Waals surface area contributed by atoms with Crippen molar-refractivity contribution < 1.29 is 4.74 Å². The first-order chi connectivity index (χ1) is 11.4. The van der Waals surface area contributed by atoms with Gasteiger partial charge < -0.3 is 15.8 Å². The Morgan fingerprint density at radius 1 is 1.16 bits per heavy atom. The highest BCUT2D eigenvalue weighted by atomic mass is 127. The molecule has 0 radical (unpaired) electrons. The Hall–Kier alpha value is -1.31. The Labute approximate surface area is 171 Å². The number of hydrogen-bond donors (Lipinski definition) is 2. The average Bonchev–Trinajstić information content (AvgIpc) is 2.56. The third-order valence-corrected chi connectivity index (χ3v) is 4.10. The van der Waals surface area contributed by atoms with Crippen molar-refractivity contribution in [2.45, 2.75) is 25.9 Å². The van der Waals surface area contributed by atoms with E-state index in [1.165, 1.54) is 5.56 Å². The minimum atomic E-state index is -0.136. The van der Waals surface area contributed by atoms with Gasteiger partial charge in [-0.05, 0) is 23.8 Å². The molecule has 0 bridgehead atoms. The van der Waals surface area contributed by atoms with Gasteiger partial charge >= 0.3 is 0 Å². The Bertz CT molecular complexity index is 702. The summed E-state index contributed by atoms with van der Waals surface area (Å²) < 4.78 is 5.20. The number of aliphatic imine (C=N–C) groups is 1. The molecule has 4 nitrogen and oxygen atoms in total. The molecule has 0 aliphatic carbocycles. The third kappa shape index (κ3) is 6.49. The molecule has 0 saturated heterocycles. The van der Waals surface area contributed by atoms with Crippen LogP contribution >= 0.6 is 35.6 Å². The van der Waals surface area contributed by atoms with Crippen LogP contribution in [-0.4, -0.2) is 19.6 Å². The zero-order chi connectivity index (χ0) is 17.6. The van der Waals surface area contributed by atoms with E-state index < -0.39 is 0 Å². The second kappa shape index (κ2) is 9.99. The number of nitrogens with two attached hydrogens (primary N) is 1. The number of para-hydroxylation sites is 1. The molecule has 6 heteroatoms. The molecule has 0 aliphatic heterocycles. The largest absolute Gasteiger partial charge is 0.380 e. The maximum absolute atomic E-state index is 6.06. The maximum Gasteiger partial charge on any atom is 0.193 e. The molecule has 25 heavy (non-hydrogen) atoms. The average molecular weight is 474 g/mol. The van der Waals surface area contributed by atoms with E-state index >= 15 is 0 Å². The van der Waals surface area contributed by atoms with Gasteiger partial charge in [-0.2, -0.15) is 0 Å². The third-order valence-electron chi connectivity index (χ3n) is 3.85. The fraction of sp³-hybridized carbons (Fsp3) is 0.316. The zero-order valence-electron chi connectivity index (χ0n) is 14.8. The number of anilines is 1. The molecule has 0 heterocycles. The second-order valence-corrected chi connectivity index (χ2v) is 6.74. The monoisotopic (exact) mass is 473 g/mol. The number of hydrogen-bond acceptors (Lipinski definition) is 2. The first-order valence-corrected chi connectivity index (χ1v) is 8.20. The molecule has 0 aliphatic rings. The molecular weight excluding hydrogens is 449 g/mol. The van der Waals surface area contributed by atoms with Crippen molar-refractivity contribution >= 4 is 47.2 Å². The van der Waals surface area contributed by atoms with E-state index in [4.69, 9.17) is 22.1 Å². The van der Waals surface area contributed by atoms with Gasteiger partial charge in [0, 0.05) is 28.8 Å². The predicted molar refractivity (Wildman–Crippen MR) is 117 cm³/mol. The molecule has 2 aromatic carbocycles. The molecule has 0 spiro atoms. The topological polar surface area (TPSA) is 59.6 Å². The highest BCUT2D eigenvalue weighted by molar-refractivity contribution is 14.0. The van der Waals surface area contributed by atoms with Gasteiger partial charge in [0.15, 0.2) is 5.96 Å². The Balaban J connectivity index is 0.00000312. The van der Waals surface area contributed by atoms with Gasteiger partial charge in [-0.15, -0.1) is 24.0 Å². The lowest BCUT2D eigenvalue weighted by Gasteiger charge is -2.23. The van der Waals surface area contributed by atoms with Crippen LogP contribution in [-0.2, 0) is 16.8 Å². The standard InChI is InChI=1S/C19H24ClN3O.HI/c1-19(2,15-8-10-16(20)11-9-15)13-22-18(21)23-17-7-5-4-6-14(17)12-24-3;/h4-11H,12-13H2,1-3H3,(H3,21,22,23);1H. The SMILES string of the molecule is COCc1ccccc1NC(N)=NCC(C)(C)c1ccc(Cl)cc1.I. The van der Waals surface area contributed by atoms with Crippen LogP contribution in [0.5, 0.6) is 0 Å². The zero-order valence-corrected chi connectivity index (χ0v) is 17.8. The number of halogens is 2. The fourth-order valence-electron chi connectivity index (χ4n) is 2.38. The van der Waals surface area contributed by atoms with E-state index in [9.17, 15) is 0 Å². The van der Waals surface area contributed by atoms with Crippen molar-refractivity contribution in [1.82, 2.24) is 0 Å². The molecule has 0 atom stereocenters. The van der Waals surface area contributed by atoms with Crippen LogP contribution in [0.15, 0.2) is 53.5 Å². The summed E-state index contributed by atoms with van der Waals surface area (Å²) >= 11 is 5.95.